The minimum absolute atomic E-state index is 0.00394. The van der Waals surface area contributed by atoms with E-state index in [1.54, 1.807) is 13.8 Å². The van der Waals surface area contributed by atoms with Gasteiger partial charge in [0.1, 0.15) is 16.1 Å². The number of nitro benzene ring substituents is 1. The molecule has 22 heavy (non-hydrogen) atoms. The van der Waals surface area contributed by atoms with Crippen LogP contribution in [0.2, 0.25) is 0 Å². The summed E-state index contributed by atoms with van der Waals surface area (Å²) in [6, 6.07) is 2.14. The first-order chi connectivity index (χ1) is 9.82. The van der Waals surface area contributed by atoms with Crippen LogP contribution in [-0.4, -0.2) is 19.9 Å². The molecule has 0 saturated carbocycles. The van der Waals surface area contributed by atoms with Crippen LogP contribution in [0.4, 0.5) is 18.9 Å². The maximum atomic E-state index is 12.8. The van der Waals surface area contributed by atoms with E-state index in [-0.39, 0.29) is 11.3 Å². The summed E-state index contributed by atoms with van der Waals surface area (Å²) in [4.78, 5) is 9.84. The van der Waals surface area contributed by atoms with Crippen LogP contribution in [0.15, 0.2) is 22.6 Å². The lowest BCUT2D eigenvalue weighted by Crippen LogP contribution is -2.27. The van der Waals surface area contributed by atoms with Crippen LogP contribution in [-0.2, 0) is 17.5 Å². The van der Waals surface area contributed by atoms with Gasteiger partial charge in [-0.15, -0.1) is 0 Å². The van der Waals surface area contributed by atoms with Crippen LogP contribution in [0.3, 0.4) is 0 Å². The van der Waals surface area contributed by atoms with Gasteiger partial charge >= 0.3 is 6.18 Å². The second kappa shape index (κ2) is 6.25. The molecule has 9 heteroatoms. The third-order valence-corrected chi connectivity index (χ3v) is 3.95. The minimum Gasteiger partial charge on any atom is -0.591 e. The molecule has 0 bridgehead atoms. The Kier molecular flexibility index (Phi) is 5.24. The molecule has 1 atom stereocenters. The van der Waals surface area contributed by atoms with Crippen molar-refractivity contribution in [2.24, 2.45) is 4.40 Å². The number of non-ortho nitro benzene ring substituents is 1. The van der Waals surface area contributed by atoms with Gasteiger partial charge in [-0.05, 0) is 26.8 Å². The second-order valence-electron chi connectivity index (χ2n) is 5.21. The number of benzene rings is 1. The Labute approximate surface area is 128 Å². The van der Waals surface area contributed by atoms with Gasteiger partial charge in [0, 0.05) is 24.6 Å². The van der Waals surface area contributed by atoms with Gasteiger partial charge in [0.15, 0.2) is 0 Å². The topological polar surface area (TPSA) is 78.6 Å². The van der Waals surface area contributed by atoms with Crippen molar-refractivity contribution in [3.63, 3.8) is 0 Å². The van der Waals surface area contributed by atoms with Gasteiger partial charge in [-0.25, -0.2) is 0 Å². The van der Waals surface area contributed by atoms with Crippen LogP contribution in [0.5, 0.6) is 0 Å². The van der Waals surface area contributed by atoms with Gasteiger partial charge in [-0.2, -0.15) is 13.2 Å². The molecule has 0 aliphatic heterocycles. The summed E-state index contributed by atoms with van der Waals surface area (Å²) in [5, 5.41) is 10.8. The molecule has 121 valence electrons. The minimum atomic E-state index is -4.73. The number of alkyl halides is 3. The third-order valence-electron chi connectivity index (χ3n) is 2.57. The maximum Gasteiger partial charge on any atom is 0.416 e. The molecule has 0 heterocycles. The first kappa shape index (κ1) is 18.4. The van der Waals surface area contributed by atoms with Crippen molar-refractivity contribution in [3.05, 3.63) is 46.4 Å². The lowest BCUT2D eigenvalue weighted by Gasteiger charge is -2.18. The fraction of sp³-hybridized carbons (Fsp3) is 0.385. The molecule has 0 fully saturated rings. The Bertz CT molecular complexity index is 610. The quantitative estimate of drug-likeness (QED) is 0.364. The van der Waals surface area contributed by atoms with E-state index in [0.717, 1.165) is 12.1 Å². The Morgan fingerprint density at radius 3 is 2.27 bits per heavy atom. The highest BCUT2D eigenvalue weighted by Crippen LogP contribution is 2.33. The zero-order chi connectivity index (χ0) is 17.3. The molecule has 0 unspecified atom stereocenters. The average Bonchev–Trinajstić information content (AvgIpc) is 2.35. The summed E-state index contributed by atoms with van der Waals surface area (Å²) < 4.78 is 53.1. The molecule has 0 aliphatic rings. The normalized spacial score (nSPS) is 14.8. The van der Waals surface area contributed by atoms with E-state index in [9.17, 15) is 27.8 Å². The van der Waals surface area contributed by atoms with Crippen molar-refractivity contribution in [1.29, 1.82) is 0 Å². The first-order valence-electron chi connectivity index (χ1n) is 6.02. The highest BCUT2D eigenvalue weighted by atomic mass is 32.2. The number of nitro groups is 1. The van der Waals surface area contributed by atoms with Crippen LogP contribution >= 0.6 is 0 Å². The van der Waals surface area contributed by atoms with Crippen LogP contribution in [0.1, 0.15) is 31.9 Å². The highest BCUT2D eigenvalue weighted by molar-refractivity contribution is 7.91. The molecule has 5 nitrogen and oxygen atoms in total. The molecule has 1 aromatic rings. The van der Waals surface area contributed by atoms with Crippen molar-refractivity contribution in [2.75, 3.05) is 0 Å². The van der Waals surface area contributed by atoms with Crippen molar-refractivity contribution in [1.82, 2.24) is 0 Å². The SMILES string of the molecule is [CH2]C(C)(C)[S@@+]([O-])/N=C(\C)c1cc([N+](=O)[O-])cc(C(F)(F)F)c1. The largest absolute Gasteiger partial charge is 0.591 e. The number of rotatable bonds is 4. The van der Waals surface area contributed by atoms with Gasteiger partial charge in [0.2, 0.25) is 0 Å². The van der Waals surface area contributed by atoms with Crippen LogP contribution in [0, 0.1) is 17.0 Å². The predicted octanol–water partition coefficient (Wildman–Crippen LogP) is 3.70. The number of halogens is 3. The molecule has 1 radical (unpaired) electrons. The van der Waals surface area contributed by atoms with Gasteiger partial charge in [0.25, 0.3) is 5.69 Å². The summed E-state index contributed by atoms with van der Waals surface area (Å²) in [6.07, 6.45) is -4.73. The molecule has 0 N–H and O–H groups in total. The van der Waals surface area contributed by atoms with Crippen molar-refractivity contribution < 1.29 is 22.6 Å². The smallest absolute Gasteiger partial charge is 0.416 e. The van der Waals surface area contributed by atoms with Gasteiger partial charge in [0.05, 0.1) is 16.2 Å². The predicted molar refractivity (Wildman–Crippen MR) is 77.9 cm³/mol. The summed E-state index contributed by atoms with van der Waals surface area (Å²) >= 11 is -1.79. The highest BCUT2D eigenvalue weighted by Gasteiger charge is 2.33. The monoisotopic (exact) mass is 335 g/mol. The maximum absolute atomic E-state index is 12.8. The molecule has 1 rings (SSSR count). The van der Waals surface area contributed by atoms with Crippen molar-refractivity contribution >= 4 is 22.8 Å². The Morgan fingerprint density at radius 2 is 1.86 bits per heavy atom. The van der Waals surface area contributed by atoms with E-state index < -0.39 is 38.5 Å². The third kappa shape index (κ3) is 4.70. The van der Waals surface area contributed by atoms with Crippen molar-refractivity contribution in [3.8, 4) is 0 Å². The number of nitrogens with zero attached hydrogens (tertiary/aromatic N) is 2. The second-order valence-corrected chi connectivity index (χ2v) is 7.00. The molecule has 1 aromatic carbocycles. The van der Waals surface area contributed by atoms with Gasteiger partial charge < -0.3 is 4.55 Å². The van der Waals surface area contributed by atoms with Gasteiger partial charge in [-0.1, -0.05) is 4.40 Å². The van der Waals surface area contributed by atoms with Crippen LogP contribution in [0.25, 0.3) is 0 Å². The molecular formula is C13H14F3N2O3S. The Morgan fingerprint density at radius 1 is 1.32 bits per heavy atom. The fourth-order valence-corrected chi connectivity index (χ4v) is 1.99. The Hall–Kier alpha value is -1.61. The van der Waals surface area contributed by atoms with Crippen molar-refractivity contribution in [2.45, 2.75) is 31.7 Å². The summed E-state index contributed by atoms with van der Waals surface area (Å²) in [7, 11) is 0. The molecular weight excluding hydrogens is 321 g/mol. The van der Waals surface area contributed by atoms with E-state index >= 15 is 0 Å². The van der Waals surface area contributed by atoms with Gasteiger partial charge in [-0.3, -0.25) is 10.1 Å². The molecule has 0 aromatic heterocycles. The number of hydrogen-bond acceptors (Lipinski definition) is 4. The fourth-order valence-electron chi connectivity index (χ4n) is 1.39. The van der Waals surface area contributed by atoms with E-state index in [4.69, 9.17) is 0 Å². The molecule has 0 saturated heterocycles. The number of hydrogen-bond donors (Lipinski definition) is 0. The molecule has 0 aliphatic carbocycles. The zero-order valence-corrected chi connectivity index (χ0v) is 12.9. The molecule has 0 spiro atoms. The average molecular weight is 335 g/mol. The van der Waals surface area contributed by atoms with E-state index in [2.05, 4.69) is 11.3 Å². The van der Waals surface area contributed by atoms with Crippen LogP contribution < -0.4 is 0 Å². The zero-order valence-electron chi connectivity index (χ0n) is 12.1. The summed E-state index contributed by atoms with van der Waals surface area (Å²) in [5.74, 6) is 0. The van der Waals surface area contributed by atoms with E-state index in [1.165, 1.54) is 6.92 Å². The summed E-state index contributed by atoms with van der Waals surface area (Å²) in [5.41, 5.74) is -1.98. The standard InChI is InChI=1S/C13H14F3N2O3S/c1-8(17-22(21)12(2,3)4)9-5-10(13(14,15)16)7-11(6-9)18(19)20/h5-7H,2H2,1,3-4H3/b17-8+/t22-/m1/s1. The Balaban J connectivity index is 3.38. The summed E-state index contributed by atoms with van der Waals surface area (Å²) in [6.45, 7) is 8.06. The first-order valence-corrected chi connectivity index (χ1v) is 7.13. The molecule has 0 amide bonds. The lowest BCUT2D eigenvalue weighted by molar-refractivity contribution is -0.385. The van der Waals surface area contributed by atoms with E-state index in [1.807, 2.05) is 0 Å². The lowest BCUT2D eigenvalue weighted by atomic mass is 10.1. The van der Waals surface area contributed by atoms with E-state index in [0.29, 0.717) is 6.07 Å².